The van der Waals surface area contributed by atoms with Gasteiger partial charge in [-0.05, 0) is 30.5 Å². The average molecular weight is 467 g/mol. The van der Waals surface area contributed by atoms with E-state index in [1.165, 1.54) is 11.8 Å². The summed E-state index contributed by atoms with van der Waals surface area (Å²) in [4.78, 5) is 22.8. The maximum atomic E-state index is 12.0. The van der Waals surface area contributed by atoms with Crippen LogP contribution in [0.5, 0.6) is 11.5 Å². The molecule has 2 aromatic rings. The van der Waals surface area contributed by atoms with Crippen LogP contribution in [0.2, 0.25) is 5.15 Å². The van der Waals surface area contributed by atoms with Crippen LogP contribution in [0.15, 0.2) is 29.4 Å². The van der Waals surface area contributed by atoms with E-state index in [4.69, 9.17) is 21.1 Å². The summed E-state index contributed by atoms with van der Waals surface area (Å²) in [7, 11) is 5.20. The lowest BCUT2D eigenvalue weighted by Gasteiger charge is -2.19. The van der Waals surface area contributed by atoms with E-state index in [0.717, 1.165) is 37.8 Å². The molecular formula is C22H31ClN4O3S. The standard InChI is InChI=1S/C22H31ClN4O3S/c1-5-6-7-11-24-21(28)15-31-22-25-19(23)14-20(26-22)27(2)12-10-16-8-9-17(29-3)18(13-16)30-4/h8-9,13-14H,5-7,10-12,15H2,1-4H3,(H,24,28). The molecule has 0 saturated carbocycles. The second-order valence-corrected chi connectivity index (χ2v) is 8.37. The van der Waals surface area contributed by atoms with Crippen LogP contribution in [0.4, 0.5) is 5.82 Å². The molecule has 0 unspecified atom stereocenters. The quantitative estimate of drug-likeness (QED) is 0.205. The van der Waals surface area contributed by atoms with Crippen LogP contribution in [-0.4, -0.2) is 56.0 Å². The molecule has 1 N–H and O–H groups in total. The molecular weight excluding hydrogens is 436 g/mol. The highest BCUT2D eigenvalue weighted by molar-refractivity contribution is 7.99. The Hall–Kier alpha value is -2.19. The smallest absolute Gasteiger partial charge is 0.230 e. The molecule has 0 radical (unpaired) electrons. The zero-order valence-electron chi connectivity index (χ0n) is 18.6. The number of halogens is 1. The largest absolute Gasteiger partial charge is 0.493 e. The van der Waals surface area contributed by atoms with E-state index >= 15 is 0 Å². The first-order valence-corrected chi connectivity index (χ1v) is 11.7. The normalized spacial score (nSPS) is 10.6. The summed E-state index contributed by atoms with van der Waals surface area (Å²) in [5.74, 6) is 2.37. The second-order valence-electron chi connectivity index (χ2n) is 7.04. The summed E-state index contributed by atoms with van der Waals surface area (Å²) in [5, 5.41) is 3.76. The Balaban J connectivity index is 1.92. The van der Waals surface area contributed by atoms with Crippen molar-refractivity contribution in [3.63, 3.8) is 0 Å². The third-order valence-corrected chi connectivity index (χ3v) is 5.71. The summed E-state index contributed by atoms with van der Waals surface area (Å²) < 4.78 is 10.7. The highest BCUT2D eigenvalue weighted by Crippen LogP contribution is 2.28. The molecule has 0 aliphatic heterocycles. The second kappa shape index (κ2) is 13.3. The number of carbonyl (C=O) groups excluding carboxylic acids is 1. The van der Waals surface area contributed by atoms with Gasteiger partial charge in [0.2, 0.25) is 5.91 Å². The van der Waals surface area contributed by atoms with E-state index < -0.39 is 0 Å². The molecule has 1 amide bonds. The first-order valence-electron chi connectivity index (χ1n) is 10.3. The minimum atomic E-state index is -0.0203. The number of rotatable bonds is 13. The number of nitrogens with zero attached hydrogens (tertiary/aromatic N) is 3. The van der Waals surface area contributed by atoms with Gasteiger partial charge >= 0.3 is 0 Å². The maximum absolute atomic E-state index is 12.0. The van der Waals surface area contributed by atoms with E-state index in [1.807, 2.05) is 30.1 Å². The Bertz CT molecular complexity index is 854. The van der Waals surface area contributed by atoms with Crippen LogP contribution < -0.4 is 19.7 Å². The number of hydrogen-bond acceptors (Lipinski definition) is 7. The third kappa shape index (κ3) is 8.45. The Morgan fingerprint density at radius 3 is 2.65 bits per heavy atom. The number of ether oxygens (including phenoxy) is 2. The zero-order valence-corrected chi connectivity index (χ0v) is 20.2. The first kappa shape index (κ1) is 25.1. The highest BCUT2D eigenvalue weighted by Gasteiger charge is 2.11. The van der Waals surface area contributed by atoms with Crippen LogP contribution in [0.25, 0.3) is 0 Å². The number of unbranched alkanes of at least 4 members (excludes halogenated alkanes) is 2. The number of aromatic nitrogens is 2. The van der Waals surface area contributed by atoms with Crippen molar-refractivity contribution in [1.29, 1.82) is 0 Å². The molecule has 0 aliphatic rings. The monoisotopic (exact) mass is 466 g/mol. The van der Waals surface area contributed by atoms with Gasteiger partial charge in [-0.2, -0.15) is 0 Å². The van der Waals surface area contributed by atoms with Crippen LogP contribution in [0.1, 0.15) is 31.7 Å². The molecule has 0 fully saturated rings. The average Bonchev–Trinajstić information content (AvgIpc) is 2.78. The summed E-state index contributed by atoms with van der Waals surface area (Å²) in [5.41, 5.74) is 1.12. The minimum absolute atomic E-state index is 0.0203. The number of benzene rings is 1. The molecule has 170 valence electrons. The lowest BCUT2D eigenvalue weighted by atomic mass is 10.1. The van der Waals surface area contributed by atoms with Crippen LogP contribution in [0, 0.1) is 0 Å². The fourth-order valence-electron chi connectivity index (χ4n) is 2.88. The van der Waals surface area contributed by atoms with Gasteiger partial charge in [0.15, 0.2) is 16.7 Å². The predicted octanol–water partition coefficient (Wildman–Crippen LogP) is 4.22. The summed E-state index contributed by atoms with van der Waals surface area (Å²) in [6.45, 7) is 3.56. The van der Waals surface area contributed by atoms with Gasteiger partial charge in [-0.1, -0.05) is 49.2 Å². The Morgan fingerprint density at radius 2 is 1.94 bits per heavy atom. The van der Waals surface area contributed by atoms with Crippen molar-refractivity contribution in [2.75, 3.05) is 45.0 Å². The molecule has 31 heavy (non-hydrogen) atoms. The van der Waals surface area contributed by atoms with E-state index in [9.17, 15) is 4.79 Å². The molecule has 0 bridgehead atoms. The lowest BCUT2D eigenvalue weighted by molar-refractivity contribution is -0.118. The van der Waals surface area contributed by atoms with Crippen molar-refractivity contribution in [2.24, 2.45) is 0 Å². The summed E-state index contributed by atoms with van der Waals surface area (Å²) in [6.07, 6.45) is 4.03. The van der Waals surface area contributed by atoms with Gasteiger partial charge in [-0.25, -0.2) is 9.97 Å². The topological polar surface area (TPSA) is 76.6 Å². The molecule has 9 heteroatoms. The Morgan fingerprint density at radius 1 is 1.16 bits per heavy atom. The van der Waals surface area contributed by atoms with Crippen molar-refractivity contribution >= 4 is 35.1 Å². The predicted molar refractivity (Wildman–Crippen MR) is 127 cm³/mol. The molecule has 1 heterocycles. The van der Waals surface area contributed by atoms with Crippen LogP contribution in [0.3, 0.4) is 0 Å². The van der Waals surface area contributed by atoms with E-state index in [2.05, 4.69) is 22.2 Å². The fourth-order valence-corrected chi connectivity index (χ4v) is 3.79. The van der Waals surface area contributed by atoms with Crippen molar-refractivity contribution < 1.29 is 14.3 Å². The minimum Gasteiger partial charge on any atom is -0.493 e. The third-order valence-electron chi connectivity index (χ3n) is 4.67. The van der Waals surface area contributed by atoms with Gasteiger partial charge in [-0.15, -0.1) is 0 Å². The number of thioether (sulfide) groups is 1. The molecule has 2 rings (SSSR count). The number of carbonyl (C=O) groups is 1. The van der Waals surface area contributed by atoms with Crippen LogP contribution in [-0.2, 0) is 11.2 Å². The SMILES string of the molecule is CCCCCNC(=O)CSc1nc(Cl)cc(N(C)CCc2ccc(OC)c(OC)c2)n1. The van der Waals surface area contributed by atoms with Gasteiger partial charge in [0.05, 0.1) is 20.0 Å². The molecule has 0 atom stereocenters. The van der Waals surface area contributed by atoms with Gasteiger partial charge < -0.3 is 19.7 Å². The van der Waals surface area contributed by atoms with E-state index in [-0.39, 0.29) is 11.7 Å². The Kier molecular flexibility index (Phi) is 10.7. The number of anilines is 1. The number of hydrogen-bond donors (Lipinski definition) is 1. The number of amides is 1. The number of methoxy groups -OCH3 is 2. The van der Waals surface area contributed by atoms with Crippen LogP contribution >= 0.6 is 23.4 Å². The summed E-state index contributed by atoms with van der Waals surface area (Å²) in [6, 6.07) is 7.62. The molecule has 0 saturated heterocycles. The first-order chi connectivity index (χ1) is 15.0. The molecule has 0 spiro atoms. The number of nitrogens with one attached hydrogen (secondary N) is 1. The van der Waals surface area contributed by atoms with Gasteiger partial charge in [0.25, 0.3) is 0 Å². The molecule has 1 aromatic carbocycles. The van der Waals surface area contributed by atoms with Gasteiger partial charge in [0.1, 0.15) is 11.0 Å². The molecule has 7 nitrogen and oxygen atoms in total. The van der Waals surface area contributed by atoms with Crippen molar-refractivity contribution in [3.8, 4) is 11.5 Å². The maximum Gasteiger partial charge on any atom is 0.230 e. The van der Waals surface area contributed by atoms with Crippen molar-refractivity contribution in [1.82, 2.24) is 15.3 Å². The zero-order chi connectivity index (χ0) is 22.6. The van der Waals surface area contributed by atoms with Crippen molar-refractivity contribution in [3.05, 3.63) is 35.0 Å². The molecule has 1 aromatic heterocycles. The van der Waals surface area contributed by atoms with E-state index in [1.54, 1.807) is 20.3 Å². The lowest BCUT2D eigenvalue weighted by Crippen LogP contribution is -2.26. The number of likely N-dealkylation sites (N-methyl/N-ethyl adjacent to an activating group) is 1. The van der Waals surface area contributed by atoms with Gasteiger partial charge in [0, 0.05) is 26.2 Å². The Labute approximate surface area is 193 Å². The van der Waals surface area contributed by atoms with Gasteiger partial charge in [-0.3, -0.25) is 4.79 Å². The van der Waals surface area contributed by atoms with E-state index in [0.29, 0.717) is 34.2 Å². The summed E-state index contributed by atoms with van der Waals surface area (Å²) >= 11 is 7.48. The van der Waals surface area contributed by atoms with Crippen molar-refractivity contribution in [2.45, 2.75) is 37.8 Å². The molecule has 0 aliphatic carbocycles. The fraction of sp³-hybridized carbons (Fsp3) is 0.500. The highest BCUT2D eigenvalue weighted by atomic mass is 35.5.